The molecule has 3 heterocycles. The molecule has 1 spiro atoms. The van der Waals surface area contributed by atoms with E-state index in [9.17, 15) is 0 Å². The van der Waals surface area contributed by atoms with Crippen molar-refractivity contribution in [1.29, 1.82) is 0 Å². The van der Waals surface area contributed by atoms with Crippen molar-refractivity contribution in [3.05, 3.63) is 229 Å². The molecule has 14 rings (SSSR count). The minimum Gasteiger partial charge on any atom is -0.309 e. The topological polar surface area (TPSA) is 4.93 Å². The first-order chi connectivity index (χ1) is 29.3. The standard InChI is InChI=1S/C57H34BN/c1-2-14-36-32-46-37(31-35(36)13-1)15-11-19-40(46)38-27-30-49-47(33-38)41-16-3-6-21-48(41)57(49)50-22-7-8-24-52(50)58-53-34-39(28-29-42(53)45-20-12-23-51(57)56(45)58)59-54-25-9-4-17-43(54)44-18-5-10-26-55(44)59/h1-34H. The Morgan fingerprint density at radius 1 is 0.339 bits per heavy atom. The van der Waals surface area contributed by atoms with Gasteiger partial charge in [-0.25, -0.2) is 0 Å². The van der Waals surface area contributed by atoms with Gasteiger partial charge in [-0.05, 0) is 120 Å². The zero-order chi connectivity index (χ0) is 38.4. The van der Waals surface area contributed by atoms with Crippen molar-refractivity contribution >= 4 is 66.5 Å². The van der Waals surface area contributed by atoms with Gasteiger partial charge in [-0.3, -0.25) is 0 Å². The van der Waals surface area contributed by atoms with Crippen LogP contribution in [-0.4, -0.2) is 11.3 Å². The first kappa shape index (κ1) is 31.6. The first-order valence-corrected chi connectivity index (χ1v) is 20.8. The van der Waals surface area contributed by atoms with Crippen LogP contribution in [0.25, 0.3) is 82.4 Å². The van der Waals surface area contributed by atoms with E-state index in [4.69, 9.17) is 0 Å². The predicted octanol–water partition coefficient (Wildman–Crippen LogP) is 11.9. The highest BCUT2D eigenvalue weighted by Gasteiger charge is 2.54. The molecule has 270 valence electrons. The lowest BCUT2D eigenvalue weighted by Gasteiger charge is -2.42. The Kier molecular flexibility index (Phi) is 6.10. The van der Waals surface area contributed by atoms with Crippen LogP contribution < -0.4 is 16.4 Å². The molecule has 0 radical (unpaired) electrons. The lowest BCUT2D eigenvalue weighted by Crippen LogP contribution is -2.59. The number of aromatic nitrogens is 1. The van der Waals surface area contributed by atoms with Gasteiger partial charge in [0.25, 0.3) is 0 Å². The lowest BCUT2D eigenvalue weighted by atomic mass is 9.32. The van der Waals surface area contributed by atoms with Crippen molar-refractivity contribution in [2.24, 2.45) is 0 Å². The van der Waals surface area contributed by atoms with Gasteiger partial charge in [0.2, 0.25) is 6.71 Å². The van der Waals surface area contributed by atoms with Crippen molar-refractivity contribution in [1.82, 2.24) is 4.57 Å². The second kappa shape index (κ2) is 11.4. The Morgan fingerprint density at radius 2 is 0.966 bits per heavy atom. The Balaban J connectivity index is 1.00. The molecule has 1 nitrogen and oxygen atoms in total. The molecular formula is C57H34BN. The molecule has 0 amide bonds. The van der Waals surface area contributed by atoms with E-state index in [0.29, 0.717) is 0 Å². The van der Waals surface area contributed by atoms with Crippen molar-refractivity contribution in [2.75, 3.05) is 0 Å². The second-order valence-electron chi connectivity index (χ2n) is 16.7. The molecule has 2 aliphatic heterocycles. The van der Waals surface area contributed by atoms with Crippen molar-refractivity contribution in [2.45, 2.75) is 5.41 Å². The SMILES string of the molecule is c1ccc2c(c1)B1c3cc(-n4c5ccccc5c5ccccc54)ccc3-c3cccc(c31)C21c2ccccc2-c2cc(-c3cccc4cc5ccccc5cc34)ccc21. The van der Waals surface area contributed by atoms with Gasteiger partial charge in [0.15, 0.2) is 0 Å². The van der Waals surface area contributed by atoms with E-state index in [1.807, 2.05) is 0 Å². The van der Waals surface area contributed by atoms with Crippen LogP contribution in [0.1, 0.15) is 22.3 Å². The van der Waals surface area contributed by atoms with Crippen LogP contribution in [0.2, 0.25) is 0 Å². The monoisotopic (exact) mass is 743 g/mol. The Labute approximate surface area is 342 Å². The average Bonchev–Trinajstić information content (AvgIpc) is 3.92. The van der Waals surface area contributed by atoms with Gasteiger partial charge in [0.1, 0.15) is 0 Å². The largest absolute Gasteiger partial charge is 0.309 e. The van der Waals surface area contributed by atoms with Crippen molar-refractivity contribution < 1.29 is 0 Å². The van der Waals surface area contributed by atoms with Gasteiger partial charge in [-0.1, -0.05) is 180 Å². The van der Waals surface area contributed by atoms with Gasteiger partial charge in [-0.2, -0.15) is 0 Å². The molecule has 1 aliphatic carbocycles. The number of rotatable bonds is 2. The summed E-state index contributed by atoms with van der Waals surface area (Å²) in [6.07, 6.45) is 0. The van der Waals surface area contributed by atoms with Crippen LogP contribution in [0.3, 0.4) is 0 Å². The average molecular weight is 744 g/mol. The molecule has 0 fully saturated rings. The van der Waals surface area contributed by atoms with Crippen LogP contribution in [0.15, 0.2) is 206 Å². The van der Waals surface area contributed by atoms with Crippen LogP contribution >= 0.6 is 0 Å². The summed E-state index contributed by atoms with van der Waals surface area (Å²) in [7, 11) is 0. The first-order valence-electron chi connectivity index (χ1n) is 20.8. The van der Waals surface area contributed by atoms with E-state index in [1.165, 1.54) is 121 Å². The molecule has 0 saturated heterocycles. The summed E-state index contributed by atoms with van der Waals surface area (Å²) in [5.74, 6) is 0. The fourth-order valence-corrected chi connectivity index (χ4v) is 11.8. The van der Waals surface area contributed by atoms with Gasteiger partial charge < -0.3 is 4.57 Å². The smallest absolute Gasteiger partial charge is 0.243 e. The van der Waals surface area contributed by atoms with Crippen LogP contribution in [0.5, 0.6) is 0 Å². The van der Waals surface area contributed by atoms with E-state index >= 15 is 0 Å². The second-order valence-corrected chi connectivity index (χ2v) is 16.7. The summed E-state index contributed by atoms with van der Waals surface area (Å²) in [6.45, 7) is 0.132. The van der Waals surface area contributed by atoms with Crippen LogP contribution in [-0.2, 0) is 5.41 Å². The summed E-state index contributed by atoms with van der Waals surface area (Å²) in [5.41, 5.74) is 20.9. The van der Waals surface area contributed by atoms with E-state index in [2.05, 4.69) is 211 Å². The normalized spacial score (nSPS) is 15.5. The van der Waals surface area contributed by atoms with E-state index in [0.717, 1.165) is 0 Å². The third kappa shape index (κ3) is 3.96. The molecule has 59 heavy (non-hydrogen) atoms. The van der Waals surface area contributed by atoms with Gasteiger partial charge >= 0.3 is 0 Å². The Hall–Kier alpha value is -7.42. The number of nitrogens with zero attached hydrogens (tertiary/aromatic N) is 1. The lowest BCUT2D eigenvalue weighted by molar-refractivity contribution is 0.775. The molecule has 10 aromatic carbocycles. The molecule has 2 heteroatoms. The number of benzene rings is 10. The summed E-state index contributed by atoms with van der Waals surface area (Å²) in [4.78, 5) is 0. The third-order valence-corrected chi connectivity index (χ3v) is 14.1. The van der Waals surface area contributed by atoms with Crippen LogP contribution in [0, 0.1) is 0 Å². The summed E-state index contributed by atoms with van der Waals surface area (Å²) in [6, 6.07) is 78.1. The molecule has 0 bridgehead atoms. The quantitative estimate of drug-likeness (QED) is 0.123. The van der Waals surface area contributed by atoms with Crippen molar-refractivity contribution in [3.8, 4) is 39.1 Å². The highest BCUT2D eigenvalue weighted by molar-refractivity contribution is 7.00. The minimum absolute atomic E-state index is 0.132. The predicted molar refractivity (Wildman–Crippen MR) is 249 cm³/mol. The third-order valence-electron chi connectivity index (χ3n) is 14.1. The van der Waals surface area contributed by atoms with E-state index in [-0.39, 0.29) is 6.71 Å². The molecule has 3 aliphatic rings. The highest BCUT2D eigenvalue weighted by atomic mass is 15.0. The van der Waals surface area contributed by atoms with Gasteiger partial charge in [-0.15, -0.1) is 0 Å². The number of fused-ring (bicyclic) bond motifs is 17. The highest BCUT2D eigenvalue weighted by Crippen LogP contribution is 2.58. The molecule has 1 aromatic heterocycles. The van der Waals surface area contributed by atoms with Gasteiger partial charge in [0.05, 0.1) is 16.4 Å². The summed E-state index contributed by atoms with van der Waals surface area (Å²) in [5, 5.41) is 7.68. The molecular weight excluding hydrogens is 709 g/mol. The summed E-state index contributed by atoms with van der Waals surface area (Å²) >= 11 is 0. The molecule has 0 N–H and O–H groups in total. The fourth-order valence-electron chi connectivity index (χ4n) is 11.8. The van der Waals surface area contributed by atoms with E-state index in [1.54, 1.807) is 0 Å². The number of hydrogen-bond donors (Lipinski definition) is 0. The molecule has 0 saturated carbocycles. The molecule has 11 aromatic rings. The van der Waals surface area contributed by atoms with Crippen LogP contribution in [0.4, 0.5) is 0 Å². The molecule has 1 atom stereocenters. The summed E-state index contributed by atoms with van der Waals surface area (Å²) < 4.78 is 2.46. The number of para-hydroxylation sites is 2. The zero-order valence-electron chi connectivity index (χ0n) is 32.2. The fraction of sp³-hybridized carbons (Fsp3) is 0.0175. The van der Waals surface area contributed by atoms with Crippen molar-refractivity contribution in [3.63, 3.8) is 0 Å². The Morgan fingerprint density at radius 3 is 1.81 bits per heavy atom. The molecule has 1 unspecified atom stereocenters. The number of hydrogen-bond acceptors (Lipinski definition) is 0. The van der Waals surface area contributed by atoms with Gasteiger partial charge in [0, 0.05) is 16.5 Å². The maximum atomic E-state index is 2.49. The minimum atomic E-state index is -0.449. The van der Waals surface area contributed by atoms with E-state index < -0.39 is 5.41 Å². The zero-order valence-corrected chi connectivity index (χ0v) is 32.2. The maximum Gasteiger partial charge on any atom is 0.243 e. The Bertz CT molecular complexity index is 3590. The maximum absolute atomic E-state index is 2.49.